The van der Waals surface area contributed by atoms with Gasteiger partial charge in [0.1, 0.15) is 16.9 Å². The molecule has 6 nitrogen and oxygen atoms in total. The summed E-state index contributed by atoms with van der Waals surface area (Å²) in [4.78, 5) is 31.0. The Hall–Kier alpha value is -2.23. The lowest BCUT2D eigenvalue weighted by Crippen LogP contribution is -2.45. The van der Waals surface area contributed by atoms with Crippen molar-refractivity contribution in [2.45, 2.75) is 97.9 Å². The number of cyclic esters (lactones) is 1. The van der Waals surface area contributed by atoms with E-state index < -0.39 is 59.3 Å². The zero-order valence-corrected chi connectivity index (χ0v) is 24.9. The maximum Gasteiger partial charge on any atom is 0.309 e. The van der Waals surface area contributed by atoms with Crippen molar-refractivity contribution in [2.24, 2.45) is 28.6 Å². The van der Waals surface area contributed by atoms with Crippen LogP contribution in [0.5, 0.6) is 0 Å². The Kier molecular flexibility index (Phi) is 8.61. The number of carbonyl (C=O) groups excluding carboxylic acids is 2. The zero-order chi connectivity index (χ0) is 29.6. The van der Waals surface area contributed by atoms with Crippen molar-refractivity contribution < 1.29 is 33.3 Å². The number of para-hydroxylation sites is 1. The van der Waals surface area contributed by atoms with Gasteiger partial charge in [-0.3, -0.25) is 9.59 Å². The van der Waals surface area contributed by atoms with Crippen LogP contribution in [0.3, 0.4) is 0 Å². The highest BCUT2D eigenvalue weighted by Crippen LogP contribution is 2.70. The third-order valence-corrected chi connectivity index (χ3v) is 10.5. The molecular formula is C31H41F2NO5S. The number of Topliss-reactive ketones (excluding diaryl/α,β-unsaturated/α-hetero) is 1. The fourth-order valence-corrected chi connectivity index (χ4v) is 7.16. The van der Waals surface area contributed by atoms with Gasteiger partial charge in [0.15, 0.2) is 0 Å². The summed E-state index contributed by atoms with van der Waals surface area (Å²) in [6, 6.07) is 7.65. The third-order valence-electron chi connectivity index (χ3n) is 9.47. The van der Waals surface area contributed by atoms with Gasteiger partial charge in [-0.1, -0.05) is 53.2 Å². The van der Waals surface area contributed by atoms with Crippen molar-refractivity contribution >= 4 is 39.4 Å². The van der Waals surface area contributed by atoms with E-state index in [2.05, 4.69) is 4.98 Å². The number of thiazole rings is 1. The fraction of sp³-hybridized carbons (Fsp3) is 0.645. The molecule has 9 heteroatoms. The standard InChI is InChI=1S/C31H41F2NO5S/c1-17-10-9-13-30(6)23(31(30,32)33)15-21(18(2)14-25-34-20-11-7-8-12-22(20)40-25)39-26(36)16-24(35)29(4,5)28(38)19(3)27(17)37/h7-8,11-12,14,17,19,21,23-24,27,35,37H,9-10,13,15-16H2,1-6H3/b18-14+/t17-,19+,21-,23-,24-,27-,30+/m0/s1. The number of benzene rings is 1. The van der Waals surface area contributed by atoms with Crippen molar-refractivity contribution in [3.8, 4) is 0 Å². The van der Waals surface area contributed by atoms with Crippen molar-refractivity contribution in [1.29, 1.82) is 0 Å². The third kappa shape index (κ3) is 5.74. The topological polar surface area (TPSA) is 96.7 Å². The molecule has 0 unspecified atom stereocenters. The molecule has 1 aliphatic heterocycles. The Morgan fingerprint density at radius 1 is 1.15 bits per heavy atom. The van der Waals surface area contributed by atoms with Gasteiger partial charge in [-0.2, -0.15) is 0 Å². The summed E-state index contributed by atoms with van der Waals surface area (Å²) in [6.07, 6.45) is -0.822. The summed E-state index contributed by atoms with van der Waals surface area (Å²) >= 11 is 1.46. The molecule has 1 aromatic carbocycles. The maximum atomic E-state index is 15.3. The van der Waals surface area contributed by atoms with Crippen LogP contribution in [-0.2, 0) is 14.3 Å². The van der Waals surface area contributed by atoms with Gasteiger partial charge in [0.05, 0.1) is 34.3 Å². The second-order valence-corrected chi connectivity index (χ2v) is 13.7. The van der Waals surface area contributed by atoms with E-state index in [0.717, 1.165) is 10.2 Å². The molecule has 1 aliphatic carbocycles. The van der Waals surface area contributed by atoms with Crippen LogP contribution in [0.1, 0.15) is 78.7 Å². The number of carbonyl (C=O) groups is 2. The first-order valence-corrected chi connectivity index (χ1v) is 14.9. The predicted molar refractivity (Wildman–Crippen MR) is 152 cm³/mol. The molecule has 4 rings (SSSR count). The van der Waals surface area contributed by atoms with Gasteiger partial charge in [0.2, 0.25) is 0 Å². The Labute approximate surface area is 238 Å². The average molecular weight is 578 g/mol. The monoisotopic (exact) mass is 577 g/mol. The van der Waals surface area contributed by atoms with Gasteiger partial charge in [0.25, 0.3) is 5.92 Å². The molecule has 2 N–H and O–H groups in total. The summed E-state index contributed by atoms with van der Waals surface area (Å²) in [5.41, 5.74) is -1.15. The minimum Gasteiger partial charge on any atom is -0.458 e. The van der Waals surface area contributed by atoms with Gasteiger partial charge in [-0.25, -0.2) is 13.8 Å². The molecule has 0 radical (unpaired) electrons. The smallest absolute Gasteiger partial charge is 0.309 e. The Bertz CT molecular complexity index is 1260. The number of alkyl halides is 2. The van der Waals surface area contributed by atoms with Gasteiger partial charge >= 0.3 is 5.97 Å². The van der Waals surface area contributed by atoms with Crippen LogP contribution >= 0.6 is 11.3 Å². The lowest BCUT2D eigenvalue weighted by molar-refractivity contribution is -0.154. The zero-order valence-electron chi connectivity index (χ0n) is 24.1. The first-order valence-electron chi connectivity index (χ1n) is 14.1. The SMILES string of the molecule is C/C(=C\c1nc2ccccc2s1)[C@@H]1C[C@@H]2C(F)(F)[C@]2(C)CCC[C@H](C)[C@H](O)[C@@H](C)C(=O)C(C)(C)[C@@H](O)CC(=O)O1. The van der Waals surface area contributed by atoms with E-state index in [4.69, 9.17) is 4.74 Å². The first-order chi connectivity index (χ1) is 18.6. The van der Waals surface area contributed by atoms with Gasteiger partial charge in [-0.05, 0) is 55.9 Å². The average Bonchev–Trinajstić information content (AvgIpc) is 3.15. The minimum absolute atomic E-state index is 0.0594. The maximum absolute atomic E-state index is 15.3. The van der Waals surface area contributed by atoms with Gasteiger partial charge in [0, 0.05) is 17.3 Å². The van der Waals surface area contributed by atoms with Crippen LogP contribution in [0, 0.1) is 28.6 Å². The van der Waals surface area contributed by atoms with Crippen LogP contribution in [0.2, 0.25) is 0 Å². The molecule has 0 bridgehead atoms. The second kappa shape index (κ2) is 11.2. The van der Waals surface area contributed by atoms with Crippen molar-refractivity contribution in [2.75, 3.05) is 0 Å². The lowest BCUT2D eigenvalue weighted by atomic mass is 9.73. The van der Waals surface area contributed by atoms with E-state index >= 15 is 8.78 Å². The van der Waals surface area contributed by atoms with E-state index in [0.29, 0.717) is 23.4 Å². The molecule has 0 amide bonds. The molecule has 40 heavy (non-hydrogen) atoms. The number of aliphatic hydroxyl groups is 2. The molecule has 2 heterocycles. The number of fused-ring (bicyclic) bond motifs is 2. The molecule has 1 saturated carbocycles. The van der Waals surface area contributed by atoms with Crippen LogP contribution in [0.25, 0.3) is 16.3 Å². The van der Waals surface area contributed by atoms with E-state index in [9.17, 15) is 19.8 Å². The summed E-state index contributed by atoms with van der Waals surface area (Å²) in [7, 11) is 0. The highest BCUT2D eigenvalue weighted by Gasteiger charge is 2.76. The largest absolute Gasteiger partial charge is 0.458 e. The molecule has 0 spiro atoms. The molecule has 7 atom stereocenters. The van der Waals surface area contributed by atoms with E-state index in [1.807, 2.05) is 31.2 Å². The number of ketones is 1. The highest BCUT2D eigenvalue weighted by atomic mass is 32.1. The Balaban J connectivity index is 1.65. The number of hydrogen-bond acceptors (Lipinski definition) is 7. The highest BCUT2D eigenvalue weighted by molar-refractivity contribution is 7.19. The summed E-state index contributed by atoms with van der Waals surface area (Å²) < 4.78 is 37.3. The Morgan fingerprint density at radius 2 is 1.82 bits per heavy atom. The van der Waals surface area contributed by atoms with Gasteiger partial charge in [-0.15, -0.1) is 11.3 Å². The summed E-state index contributed by atoms with van der Waals surface area (Å²) in [5, 5.41) is 22.5. The molecule has 1 saturated heterocycles. The van der Waals surface area contributed by atoms with E-state index in [1.165, 1.54) is 11.3 Å². The molecule has 220 valence electrons. The Morgan fingerprint density at radius 3 is 2.50 bits per heavy atom. The first kappa shape index (κ1) is 30.7. The molecular weight excluding hydrogens is 536 g/mol. The van der Waals surface area contributed by atoms with Crippen LogP contribution < -0.4 is 0 Å². The van der Waals surface area contributed by atoms with Crippen molar-refractivity contribution in [3.05, 3.63) is 34.8 Å². The molecule has 1 aromatic heterocycles. The van der Waals surface area contributed by atoms with E-state index in [-0.39, 0.29) is 24.5 Å². The van der Waals surface area contributed by atoms with Crippen molar-refractivity contribution in [3.63, 3.8) is 0 Å². The predicted octanol–water partition coefficient (Wildman–Crippen LogP) is 6.44. The number of nitrogens with zero attached hydrogens (tertiary/aromatic N) is 1. The molecule has 2 aliphatic rings. The number of esters is 1. The summed E-state index contributed by atoms with van der Waals surface area (Å²) in [6.45, 7) is 9.85. The normalized spacial score (nSPS) is 35.7. The van der Waals surface area contributed by atoms with Crippen LogP contribution in [0.15, 0.2) is 29.8 Å². The molecule has 2 fully saturated rings. The fourth-order valence-electron chi connectivity index (χ4n) is 6.18. The number of hydrogen-bond donors (Lipinski definition) is 2. The number of aromatic nitrogens is 1. The van der Waals surface area contributed by atoms with Crippen LogP contribution in [0.4, 0.5) is 8.78 Å². The minimum atomic E-state index is -2.92. The molecule has 2 aromatic rings. The number of rotatable bonds is 2. The van der Waals surface area contributed by atoms with Crippen molar-refractivity contribution in [1.82, 2.24) is 4.98 Å². The van der Waals surface area contributed by atoms with E-state index in [1.54, 1.807) is 40.7 Å². The number of halogens is 2. The lowest BCUT2D eigenvalue weighted by Gasteiger charge is -2.34. The quantitative estimate of drug-likeness (QED) is 0.399. The van der Waals surface area contributed by atoms with Crippen LogP contribution in [-0.4, -0.2) is 51.2 Å². The number of ether oxygens (including phenoxy) is 1. The van der Waals surface area contributed by atoms with Gasteiger partial charge < -0.3 is 14.9 Å². The summed E-state index contributed by atoms with van der Waals surface area (Å²) in [5.74, 6) is -6.11. The second-order valence-electron chi connectivity index (χ2n) is 12.7. The number of aliphatic hydroxyl groups excluding tert-OH is 2.